The van der Waals surface area contributed by atoms with Crippen LogP contribution >= 0.6 is 27.5 Å². The zero-order chi connectivity index (χ0) is 12.4. The highest BCUT2D eigenvalue weighted by molar-refractivity contribution is 9.10. The third-order valence-electron chi connectivity index (χ3n) is 2.24. The standard InChI is InChI=1S/C12H8BrClFNO/c13-9-1-7(2-10(14)4-9)12(17)8-3-11(15)6-16-5-8/h1-6,12,17H. The van der Waals surface area contributed by atoms with E-state index < -0.39 is 11.9 Å². The van der Waals surface area contributed by atoms with Crippen LogP contribution in [0.3, 0.4) is 0 Å². The number of aliphatic hydroxyl groups is 1. The monoisotopic (exact) mass is 315 g/mol. The molecule has 2 nitrogen and oxygen atoms in total. The molecular weight excluding hydrogens is 308 g/mol. The highest BCUT2D eigenvalue weighted by Gasteiger charge is 2.12. The van der Waals surface area contributed by atoms with Crippen molar-refractivity contribution in [2.24, 2.45) is 0 Å². The first-order valence-electron chi connectivity index (χ1n) is 4.81. The Kier molecular flexibility index (Phi) is 3.76. The molecule has 0 saturated heterocycles. The van der Waals surface area contributed by atoms with E-state index in [1.54, 1.807) is 18.2 Å². The number of hydrogen-bond acceptors (Lipinski definition) is 2. The number of aromatic nitrogens is 1. The predicted molar refractivity (Wildman–Crippen MR) is 67.4 cm³/mol. The van der Waals surface area contributed by atoms with E-state index in [-0.39, 0.29) is 0 Å². The maximum absolute atomic E-state index is 13.0. The van der Waals surface area contributed by atoms with Gasteiger partial charge in [0.05, 0.1) is 6.20 Å². The van der Waals surface area contributed by atoms with Gasteiger partial charge in [0.25, 0.3) is 0 Å². The van der Waals surface area contributed by atoms with Gasteiger partial charge in [0, 0.05) is 21.3 Å². The third-order valence-corrected chi connectivity index (χ3v) is 2.92. The molecule has 17 heavy (non-hydrogen) atoms. The van der Waals surface area contributed by atoms with Gasteiger partial charge in [-0.25, -0.2) is 4.39 Å². The van der Waals surface area contributed by atoms with E-state index in [2.05, 4.69) is 20.9 Å². The molecule has 2 rings (SSSR count). The van der Waals surface area contributed by atoms with Crippen molar-refractivity contribution in [2.45, 2.75) is 6.10 Å². The van der Waals surface area contributed by atoms with Crippen molar-refractivity contribution < 1.29 is 9.50 Å². The lowest BCUT2D eigenvalue weighted by Gasteiger charge is -2.12. The van der Waals surface area contributed by atoms with Crippen LogP contribution in [0.15, 0.2) is 41.1 Å². The SMILES string of the molecule is OC(c1cncc(F)c1)c1cc(Cl)cc(Br)c1. The minimum atomic E-state index is -0.951. The topological polar surface area (TPSA) is 33.1 Å². The normalized spacial score (nSPS) is 12.5. The summed E-state index contributed by atoms with van der Waals surface area (Å²) in [4.78, 5) is 3.70. The predicted octanol–water partition coefficient (Wildman–Crippen LogP) is 3.72. The first kappa shape index (κ1) is 12.5. The summed E-state index contributed by atoms with van der Waals surface area (Å²) in [7, 11) is 0. The molecule has 88 valence electrons. The van der Waals surface area contributed by atoms with Gasteiger partial charge in [-0.1, -0.05) is 27.5 Å². The Labute approximate surface area is 111 Å². The lowest BCUT2D eigenvalue weighted by Crippen LogP contribution is -2.01. The van der Waals surface area contributed by atoms with Crippen LogP contribution in [0.4, 0.5) is 4.39 Å². The quantitative estimate of drug-likeness (QED) is 0.916. The molecule has 0 aliphatic heterocycles. The molecule has 1 atom stereocenters. The van der Waals surface area contributed by atoms with Crippen molar-refractivity contribution in [3.8, 4) is 0 Å². The second kappa shape index (κ2) is 5.12. The zero-order valence-electron chi connectivity index (χ0n) is 8.57. The van der Waals surface area contributed by atoms with Crippen LogP contribution in [0.25, 0.3) is 0 Å². The van der Waals surface area contributed by atoms with E-state index in [9.17, 15) is 9.50 Å². The molecule has 0 bridgehead atoms. The molecule has 1 N–H and O–H groups in total. The second-order valence-electron chi connectivity index (χ2n) is 3.54. The molecule has 0 fully saturated rings. The molecule has 1 unspecified atom stereocenters. The van der Waals surface area contributed by atoms with E-state index in [1.165, 1.54) is 12.3 Å². The molecule has 1 aromatic carbocycles. The molecule has 0 saturated carbocycles. The summed E-state index contributed by atoms with van der Waals surface area (Å²) in [5.74, 6) is -0.484. The van der Waals surface area contributed by atoms with Crippen LogP contribution in [-0.2, 0) is 0 Å². The van der Waals surface area contributed by atoms with Crippen molar-refractivity contribution in [1.82, 2.24) is 4.98 Å². The highest BCUT2D eigenvalue weighted by Crippen LogP contribution is 2.27. The Morgan fingerprint density at radius 1 is 1.18 bits per heavy atom. The van der Waals surface area contributed by atoms with Crippen LogP contribution in [0, 0.1) is 5.82 Å². The van der Waals surface area contributed by atoms with Crippen LogP contribution in [-0.4, -0.2) is 10.1 Å². The van der Waals surface area contributed by atoms with Gasteiger partial charge in [0.15, 0.2) is 0 Å². The molecular formula is C12H8BrClFNO. The van der Waals surface area contributed by atoms with E-state index in [4.69, 9.17) is 11.6 Å². The fraction of sp³-hybridized carbons (Fsp3) is 0.0833. The van der Waals surface area contributed by atoms with Gasteiger partial charge < -0.3 is 5.11 Å². The van der Waals surface area contributed by atoms with Crippen LogP contribution in [0.1, 0.15) is 17.2 Å². The Bertz CT molecular complexity index is 530. The van der Waals surface area contributed by atoms with Gasteiger partial charge in [-0.3, -0.25) is 4.98 Å². The van der Waals surface area contributed by atoms with Crippen LogP contribution in [0.5, 0.6) is 0 Å². The van der Waals surface area contributed by atoms with Gasteiger partial charge in [-0.2, -0.15) is 0 Å². The molecule has 0 spiro atoms. The minimum absolute atomic E-state index is 0.388. The fourth-order valence-electron chi connectivity index (χ4n) is 1.50. The maximum atomic E-state index is 13.0. The highest BCUT2D eigenvalue weighted by atomic mass is 79.9. The number of halogens is 3. The summed E-state index contributed by atoms with van der Waals surface area (Å²) in [6.07, 6.45) is 1.56. The van der Waals surface area contributed by atoms with Crippen molar-refractivity contribution >= 4 is 27.5 Å². The van der Waals surface area contributed by atoms with Crippen molar-refractivity contribution in [1.29, 1.82) is 0 Å². The first-order chi connectivity index (χ1) is 8.06. The number of rotatable bonds is 2. The molecule has 0 aliphatic rings. The van der Waals surface area contributed by atoms with E-state index in [1.807, 2.05) is 0 Å². The summed E-state index contributed by atoms with van der Waals surface area (Å²) in [5, 5.41) is 10.6. The summed E-state index contributed by atoms with van der Waals surface area (Å²) in [5.41, 5.74) is 0.968. The number of pyridine rings is 1. The van der Waals surface area contributed by atoms with Crippen molar-refractivity contribution in [2.75, 3.05) is 0 Å². The lowest BCUT2D eigenvalue weighted by atomic mass is 10.0. The molecule has 5 heteroatoms. The van der Waals surface area contributed by atoms with E-state index >= 15 is 0 Å². The van der Waals surface area contributed by atoms with Gasteiger partial charge in [0.1, 0.15) is 11.9 Å². The number of nitrogens with zero attached hydrogens (tertiary/aromatic N) is 1. The molecule has 1 heterocycles. The summed E-state index contributed by atoms with van der Waals surface area (Å²) in [6, 6.07) is 6.30. The minimum Gasteiger partial charge on any atom is -0.384 e. The molecule has 0 aliphatic carbocycles. The van der Waals surface area contributed by atoms with Gasteiger partial charge >= 0.3 is 0 Å². The number of benzene rings is 1. The smallest absolute Gasteiger partial charge is 0.141 e. The lowest BCUT2D eigenvalue weighted by molar-refractivity contribution is 0.219. The summed E-state index contributed by atoms with van der Waals surface area (Å²) >= 11 is 9.17. The zero-order valence-corrected chi connectivity index (χ0v) is 10.9. The van der Waals surface area contributed by atoms with Gasteiger partial charge in [0.2, 0.25) is 0 Å². The summed E-state index contributed by atoms with van der Waals surface area (Å²) in [6.45, 7) is 0. The Balaban J connectivity index is 2.39. The molecule has 1 aromatic heterocycles. The second-order valence-corrected chi connectivity index (χ2v) is 4.89. The van der Waals surface area contributed by atoms with E-state index in [0.29, 0.717) is 16.1 Å². The van der Waals surface area contributed by atoms with Gasteiger partial charge in [-0.15, -0.1) is 0 Å². The molecule has 0 amide bonds. The Morgan fingerprint density at radius 2 is 1.94 bits per heavy atom. The van der Waals surface area contributed by atoms with Crippen molar-refractivity contribution in [3.05, 3.63) is 63.1 Å². The fourth-order valence-corrected chi connectivity index (χ4v) is 2.39. The molecule has 2 aromatic rings. The summed E-state index contributed by atoms with van der Waals surface area (Å²) < 4.78 is 13.7. The maximum Gasteiger partial charge on any atom is 0.141 e. The number of aliphatic hydroxyl groups excluding tert-OH is 1. The number of hydrogen-bond donors (Lipinski definition) is 1. The third kappa shape index (κ3) is 3.03. The Morgan fingerprint density at radius 3 is 2.59 bits per heavy atom. The largest absolute Gasteiger partial charge is 0.384 e. The Hall–Kier alpha value is -0.970. The average molecular weight is 317 g/mol. The van der Waals surface area contributed by atoms with Crippen LogP contribution < -0.4 is 0 Å². The van der Waals surface area contributed by atoms with E-state index in [0.717, 1.165) is 10.7 Å². The average Bonchev–Trinajstić information content (AvgIpc) is 2.26. The molecule has 0 radical (unpaired) electrons. The van der Waals surface area contributed by atoms with Crippen molar-refractivity contribution in [3.63, 3.8) is 0 Å². The van der Waals surface area contributed by atoms with Crippen LogP contribution in [0.2, 0.25) is 5.02 Å². The first-order valence-corrected chi connectivity index (χ1v) is 5.98. The van der Waals surface area contributed by atoms with Gasteiger partial charge in [-0.05, 0) is 29.8 Å².